The minimum absolute atomic E-state index is 0.000621. The maximum absolute atomic E-state index is 13.6. The summed E-state index contributed by atoms with van der Waals surface area (Å²) in [4.78, 5) is 29.7. The lowest BCUT2D eigenvalue weighted by molar-refractivity contribution is -0.113. The van der Waals surface area contributed by atoms with Gasteiger partial charge in [-0.1, -0.05) is 58.4 Å². The van der Waals surface area contributed by atoms with Gasteiger partial charge in [0.05, 0.1) is 33.1 Å². The first-order chi connectivity index (χ1) is 18.4. The average molecular weight is 587 g/mol. The van der Waals surface area contributed by atoms with Gasteiger partial charge in [0.25, 0.3) is 5.91 Å². The standard InChI is InChI=1S/C25H17Cl2FN6O2S2/c26-14-5-10-17(18(27)11-14)23(36)29-12-21-32-33-25(34(21)16-8-6-15(28)7-9-16)37-13-22(35)31-24-30-19-3-1-2-4-20(19)38-24/h1-11H,12-13H2,(H,29,36)(H,30,31,35). The summed E-state index contributed by atoms with van der Waals surface area (Å²) < 4.78 is 16.2. The third-order valence-corrected chi connectivity index (χ3v) is 7.67. The largest absolute Gasteiger partial charge is 0.345 e. The van der Waals surface area contributed by atoms with Crippen molar-refractivity contribution in [1.82, 2.24) is 25.1 Å². The second-order valence-electron chi connectivity index (χ2n) is 7.84. The lowest BCUT2D eigenvalue weighted by Crippen LogP contribution is -2.25. The van der Waals surface area contributed by atoms with Crippen molar-refractivity contribution in [2.24, 2.45) is 0 Å². The molecule has 8 nitrogen and oxygen atoms in total. The van der Waals surface area contributed by atoms with Crippen molar-refractivity contribution in [3.8, 4) is 5.69 Å². The summed E-state index contributed by atoms with van der Waals surface area (Å²) in [7, 11) is 0. The molecule has 0 saturated heterocycles. The first kappa shape index (κ1) is 26.1. The van der Waals surface area contributed by atoms with E-state index in [4.69, 9.17) is 23.2 Å². The van der Waals surface area contributed by atoms with Crippen LogP contribution in [0.3, 0.4) is 0 Å². The van der Waals surface area contributed by atoms with Crippen LogP contribution in [-0.2, 0) is 11.3 Å². The number of benzene rings is 3. The van der Waals surface area contributed by atoms with Crippen molar-refractivity contribution in [1.29, 1.82) is 0 Å². The van der Waals surface area contributed by atoms with Gasteiger partial charge in [-0.05, 0) is 54.6 Å². The van der Waals surface area contributed by atoms with Crippen LogP contribution in [0.25, 0.3) is 15.9 Å². The van der Waals surface area contributed by atoms with E-state index in [-0.39, 0.29) is 28.8 Å². The number of thioether (sulfide) groups is 1. The van der Waals surface area contributed by atoms with Gasteiger partial charge in [-0.25, -0.2) is 9.37 Å². The normalized spacial score (nSPS) is 11.0. The Morgan fingerprint density at radius 1 is 1.03 bits per heavy atom. The Morgan fingerprint density at radius 2 is 1.82 bits per heavy atom. The van der Waals surface area contributed by atoms with E-state index >= 15 is 0 Å². The van der Waals surface area contributed by atoms with E-state index in [1.54, 1.807) is 22.8 Å². The summed E-state index contributed by atoms with van der Waals surface area (Å²) in [6, 6.07) is 17.9. The fourth-order valence-corrected chi connectivity index (χ4v) is 5.64. The molecular weight excluding hydrogens is 570 g/mol. The number of carbonyl (C=O) groups is 2. The minimum Gasteiger partial charge on any atom is -0.345 e. The highest BCUT2D eigenvalue weighted by Crippen LogP contribution is 2.27. The molecule has 2 aromatic heterocycles. The highest BCUT2D eigenvalue weighted by atomic mass is 35.5. The molecule has 0 aliphatic carbocycles. The Morgan fingerprint density at radius 3 is 2.58 bits per heavy atom. The van der Waals surface area contributed by atoms with Crippen molar-refractivity contribution in [2.45, 2.75) is 11.7 Å². The van der Waals surface area contributed by atoms with Crippen molar-refractivity contribution in [3.05, 3.63) is 94.0 Å². The molecule has 0 radical (unpaired) electrons. The van der Waals surface area contributed by atoms with Crippen molar-refractivity contribution in [3.63, 3.8) is 0 Å². The van der Waals surface area contributed by atoms with E-state index < -0.39 is 11.7 Å². The molecule has 0 aliphatic heterocycles. The van der Waals surface area contributed by atoms with Gasteiger partial charge in [0, 0.05) is 10.7 Å². The second kappa shape index (κ2) is 11.5. The van der Waals surface area contributed by atoms with E-state index in [0.29, 0.717) is 26.8 Å². The predicted octanol–water partition coefficient (Wildman–Crippen LogP) is 5.98. The van der Waals surface area contributed by atoms with Crippen LogP contribution in [0.2, 0.25) is 10.0 Å². The first-order valence-corrected chi connectivity index (χ1v) is 13.6. The van der Waals surface area contributed by atoms with Crippen molar-refractivity contribution in [2.75, 3.05) is 11.1 Å². The molecule has 38 heavy (non-hydrogen) atoms. The van der Waals surface area contributed by atoms with Gasteiger partial charge >= 0.3 is 0 Å². The van der Waals surface area contributed by atoms with Crippen LogP contribution in [0.5, 0.6) is 0 Å². The maximum atomic E-state index is 13.6. The fraction of sp³-hybridized carbons (Fsp3) is 0.0800. The number of thiazole rings is 1. The van der Waals surface area contributed by atoms with Gasteiger partial charge in [0.15, 0.2) is 16.1 Å². The van der Waals surface area contributed by atoms with Gasteiger partial charge in [0.1, 0.15) is 5.82 Å². The maximum Gasteiger partial charge on any atom is 0.253 e. The number of hydrogen-bond donors (Lipinski definition) is 2. The van der Waals surface area contributed by atoms with E-state index in [1.165, 1.54) is 35.6 Å². The zero-order valence-electron chi connectivity index (χ0n) is 19.3. The second-order valence-corrected chi connectivity index (χ2v) is 10.7. The summed E-state index contributed by atoms with van der Waals surface area (Å²) >= 11 is 14.6. The number of fused-ring (bicyclic) bond motifs is 1. The molecule has 5 aromatic rings. The molecule has 0 fully saturated rings. The summed E-state index contributed by atoms with van der Waals surface area (Å²) in [6.07, 6.45) is 0. The SMILES string of the molecule is O=C(CSc1nnc(CNC(=O)c2ccc(Cl)cc2Cl)n1-c1ccc(F)cc1)Nc1nc2ccccc2s1. The van der Waals surface area contributed by atoms with E-state index in [2.05, 4.69) is 25.8 Å². The van der Waals surface area contributed by atoms with Crippen LogP contribution >= 0.6 is 46.3 Å². The summed E-state index contributed by atoms with van der Waals surface area (Å²) in [5.41, 5.74) is 1.63. The Balaban J connectivity index is 1.31. The number of carbonyl (C=O) groups excluding carboxylic acids is 2. The monoisotopic (exact) mass is 586 g/mol. The number of rotatable bonds is 8. The summed E-state index contributed by atoms with van der Waals surface area (Å²) in [6.45, 7) is 0.000621. The number of amides is 2. The molecule has 0 spiro atoms. The Hall–Kier alpha value is -3.51. The number of hydrogen-bond acceptors (Lipinski definition) is 7. The first-order valence-electron chi connectivity index (χ1n) is 11.1. The smallest absolute Gasteiger partial charge is 0.253 e. The lowest BCUT2D eigenvalue weighted by Gasteiger charge is -2.11. The molecule has 0 bridgehead atoms. The van der Waals surface area contributed by atoms with Gasteiger partial charge in [0.2, 0.25) is 5.91 Å². The Bertz CT molecular complexity index is 1610. The molecule has 2 N–H and O–H groups in total. The Labute approximate surface area is 234 Å². The molecule has 3 aromatic carbocycles. The molecule has 192 valence electrons. The van der Waals surface area contributed by atoms with Gasteiger partial charge < -0.3 is 10.6 Å². The number of anilines is 1. The Kier molecular flexibility index (Phi) is 7.89. The molecule has 0 atom stereocenters. The average Bonchev–Trinajstić information content (AvgIpc) is 3.49. The minimum atomic E-state index is -0.426. The number of halogens is 3. The van der Waals surface area contributed by atoms with Gasteiger partial charge in [-0.3, -0.25) is 14.2 Å². The molecule has 0 saturated carbocycles. The fourth-order valence-electron chi connectivity index (χ4n) is 3.50. The van der Waals surface area contributed by atoms with Crippen LogP contribution in [0.4, 0.5) is 9.52 Å². The van der Waals surface area contributed by atoms with Gasteiger partial charge in [-0.15, -0.1) is 10.2 Å². The van der Waals surface area contributed by atoms with Crippen LogP contribution in [-0.4, -0.2) is 37.3 Å². The van der Waals surface area contributed by atoms with E-state index in [9.17, 15) is 14.0 Å². The number of aromatic nitrogens is 4. The molecule has 0 unspecified atom stereocenters. The van der Waals surface area contributed by atoms with Crippen LogP contribution < -0.4 is 10.6 Å². The number of para-hydroxylation sites is 1. The summed E-state index contributed by atoms with van der Waals surface area (Å²) in [5.74, 6) is -0.690. The van der Waals surface area contributed by atoms with Crippen molar-refractivity contribution >= 4 is 73.5 Å². The third kappa shape index (κ3) is 5.97. The highest BCUT2D eigenvalue weighted by molar-refractivity contribution is 7.99. The molecule has 13 heteroatoms. The number of nitrogens with one attached hydrogen (secondary N) is 2. The topological polar surface area (TPSA) is 102 Å². The van der Waals surface area contributed by atoms with Gasteiger partial charge in [-0.2, -0.15) is 0 Å². The molecule has 0 aliphatic rings. The van der Waals surface area contributed by atoms with Crippen LogP contribution in [0.15, 0.2) is 71.9 Å². The zero-order chi connectivity index (χ0) is 26.6. The van der Waals surface area contributed by atoms with E-state index in [0.717, 1.165) is 22.0 Å². The third-order valence-electron chi connectivity index (χ3n) is 5.24. The molecular formula is C25H17Cl2FN6O2S2. The number of nitrogens with zero attached hydrogens (tertiary/aromatic N) is 4. The zero-order valence-corrected chi connectivity index (χ0v) is 22.5. The molecule has 2 heterocycles. The summed E-state index contributed by atoms with van der Waals surface area (Å²) in [5, 5.41) is 15.5. The molecule has 2 amide bonds. The predicted molar refractivity (Wildman–Crippen MR) is 148 cm³/mol. The van der Waals surface area contributed by atoms with Crippen LogP contribution in [0, 0.1) is 5.82 Å². The van der Waals surface area contributed by atoms with E-state index in [1.807, 2.05) is 24.3 Å². The quantitative estimate of drug-likeness (QED) is 0.217. The molecule has 5 rings (SSSR count). The highest BCUT2D eigenvalue weighted by Gasteiger charge is 2.18. The van der Waals surface area contributed by atoms with Crippen LogP contribution in [0.1, 0.15) is 16.2 Å². The van der Waals surface area contributed by atoms with Crippen molar-refractivity contribution < 1.29 is 14.0 Å². The lowest BCUT2D eigenvalue weighted by atomic mass is 10.2.